The van der Waals surface area contributed by atoms with Crippen molar-refractivity contribution in [2.45, 2.75) is 26.2 Å². The van der Waals surface area contributed by atoms with Crippen LogP contribution in [0.2, 0.25) is 0 Å². The molecule has 0 saturated carbocycles. The number of aliphatic imine (C=N–C) groups is 1. The summed E-state index contributed by atoms with van der Waals surface area (Å²) in [7, 11) is 0. The molecule has 0 radical (unpaired) electrons. The fourth-order valence-corrected chi connectivity index (χ4v) is 2.81. The molecule has 3 N–H and O–H groups in total. The first kappa shape index (κ1) is 23.0. The van der Waals surface area contributed by atoms with Gasteiger partial charge in [0, 0.05) is 32.7 Å². The van der Waals surface area contributed by atoms with E-state index in [4.69, 9.17) is 4.74 Å². The van der Waals surface area contributed by atoms with Crippen LogP contribution in [0.4, 0.5) is 0 Å². The normalized spacial score (nSPS) is 15.3. The third-order valence-electron chi connectivity index (χ3n) is 4.22. The SMILES string of the molecule is CCNC(=NCCCc1ccc(O)cc1)NCCCN1CCOCC1.I. The molecular formula is C19H33IN4O2. The second kappa shape index (κ2) is 14.1. The molecule has 0 amide bonds. The highest BCUT2D eigenvalue weighted by Crippen LogP contribution is 2.11. The van der Waals surface area contributed by atoms with Gasteiger partial charge in [0.05, 0.1) is 13.2 Å². The Kier molecular flexibility index (Phi) is 12.4. The zero-order valence-electron chi connectivity index (χ0n) is 15.7. The molecule has 1 aromatic rings. The minimum absolute atomic E-state index is 0. The van der Waals surface area contributed by atoms with Crippen LogP contribution >= 0.6 is 24.0 Å². The zero-order chi connectivity index (χ0) is 17.7. The third kappa shape index (κ3) is 9.59. The summed E-state index contributed by atoms with van der Waals surface area (Å²) in [5, 5.41) is 16.0. The van der Waals surface area contributed by atoms with Crippen LogP contribution in [0.3, 0.4) is 0 Å². The van der Waals surface area contributed by atoms with Crippen LogP contribution in [-0.2, 0) is 11.2 Å². The molecule has 1 aromatic carbocycles. The lowest BCUT2D eigenvalue weighted by Gasteiger charge is -2.26. The number of benzene rings is 1. The predicted octanol–water partition coefficient (Wildman–Crippen LogP) is 2.22. The minimum atomic E-state index is 0. The topological polar surface area (TPSA) is 69.1 Å². The summed E-state index contributed by atoms with van der Waals surface area (Å²) in [6.45, 7) is 9.60. The number of morpholine rings is 1. The monoisotopic (exact) mass is 476 g/mol. The highest BCUT2D eigenvalue weighted by Gasteiger charge is 2.09. The first-order chi connectivity index (χ1) is 12.3. The molecule has 0 atom stereocenters. The number of ether oxygens (including phenoxy) is 1. The molecule has 1 aliphatic rings. The number of rotatable bonds is 9. The molecule has 1 heterocycles. The van der Waals surface area contributed by atoms with Crippen molar-refractivity contribution in [2.75, 3.05) is 52.5 Å². The number of nitrogens with zero attached hydrogens (tertiary/aromatic N) is 2. The van der Waals surface area contributed by atoms with E-state index in [0.29, 0.717) is 5.75 Å². The van der Waals surface area contributed by atoms with Crippen LogP contribution in [0.25, 0.3) is 0 Å². The number of hydrogen-bond acceptors (Lipinski definition) is 4. The summed E-state index contributed by atoms with van der Waals surface area (Å²) in [6.07, 6.45) is 3.08. The Labute approximate surface area is 174 Å². The number of phenols is 1. The lowest BCUT2D eigenvalue weighted by Crippen LogP contribution is -2.40. The van der Waals surface area contributed by atoms with Gasteiger partial charge in [-0.2, -0.15) is 0 Å². The molecule has 1 fully saturated rings. The van der Waals surface area contributed by atoms with Gasteiger partial charge in [-0.25, -0.2) is 0 Å². The van der Waals surface area contributed by atoms with E-state index in [1.807, 2.05) is 12.1 Å². The van der Waals surface area contributed by atoms with Gasteiger partial charge in [-0.3, -0.25) is 9.89 Å². The van der Waals surface area contributed by atoms with Crippen LogP contribution in [0.5, 0.6) is 5.75 Å². The highest BCUT2D eigenvalue weighted by molar-refractivity contribution is 14.0. The fourth-order valence-electron chi connectivity index (χ4n) is 2.81. The Morgan fingerprint density at radius 2 is 1.88 bits per heavy atom. The summed E-state index contributed by atoms with van der Waals surface area (Å²) in [5.74, 6) is 1.22. The maximum atomic E-state index is 9.30. The maximum Gasteiger partial charge on any atom is 0.191 e. The molecule has 0 unspecified atom stereocenters. The van der Waals surface area contributed by atoms with Crippen LogP contribution < -0.4 is 10.6 Å². The molecule has 7 heteroatoms. The van der Waals surface area contributed by atoms with E-state index in [1.165, 1.54) is 5.56 Å². The van der Waals surface area contributed by atoms with Gasteiger partial charge in [0.25, 0.3) is 0 Å². The Morgan fingerprint density at radius 3 is 2.58 bits per heavy atom. The van der Waals surface area contributed by atoms with Gasteiger partial charge >= 0.3 is 0 Å². The van der Waals surface area contributed by atoms with Crippen LogP contribution in [-0.4, -0.2) is 68.4 Å². The fraction of sp³-hybridized carbons (Fsp3) is 0.632. The van der Waals surface area contributed by atoms with E-state index in [1.54, 1.807) is 12.1 Å². The van der Waals surface area contributed by atoms with Gasteiger partial charge in [-0.15, -0.1) is 24.0 Å². The number of halogens is 1. The number of aryl methyl sites for hydroxylation is 1. The van der Waals surface area contributed by atoms with Crippen molar-refractivity contribution in [1.82, 2.24) is 15.5 Å². The Hall–Kier alpha value is -1.06. The van der Waals surface area contributed by atoms with Gasteiger partial charge in [0.15, 0.2) is 5.96 Å². The summed E-state index contributed by atoms with van der Waals surface area (Å²) < 4.78 is 5.37. The molecule has 0 aromatic heterocycles. The zero-order valence-corrected chi connectivity index (χ0v) is 18.1. The molecule has 0 bridgehead atoms. The molecular weight excluding hydrogens is 443 g/mol. The van der Waals surface area contributed by atoms with E-state index in [0.717, 1.165) is 77.7 Å². The maximum absolute atomic E-state index is 9.30. The van der Waals surface area contributed by atoms with Crippen molar-refractivity contribution in [3.63, 3.8) is 0 Å². The van der Waals surface area contributed by atoms with Crippen molar-refractivity contribution in [2.24, 2.45) is 4.99 Å². The molecule has 1 aliphatic heterocycles. The van der Waals surface area contributed by atoms with Crippen molar-refractivity contribution in [3.8, 4) is 5.75 Å². The highest BCUT2D eigenvalue weighted by atomic mass is 127. The number of phenolic OH excluding ortho intramolecular Hbond substituents is 1. The molecule has 0 aliphatic carbocycles. The Balaban J connectivity index is 0.00000338. The van der Waals surface area contributed by atoms with Crippen molar-refractivity contribution in [1.29, 1.82) is 0 Å². The van der Waals surface area contributed by atoms with Crippen molar-refractivity contribution >= 4 is 29.9 Å². The quantitative estimate of drug-likeness (QED) is 0.221. The summed E-state index contributed by atoms with van der Waals surface area (Å²) in [5.41, 5.74) is 1.23. The second-order valence-corrected chi connectivity index (χ2v) is 6.27. The Bertz CT molecular complexity index is 505. The number of aromatic hydroxyl groups is 1. The molecule has 0 spiro atoms. The average Bonchev–Trinajstić information content (AvgIpc) is 2.64. The van der Waals surface area contributed by atoms with Crippen LogP contribution in [0.1, 0.15) is 25.3 Å². The number of guanidine groups is 1. The second-order valence-electron chi connectivity index (χ2n) is 6.27. The van der Waals surface area contributed by atoms with Gasteiger partial charge in [-0.1, -0.05) is 12.1 Å². The van der Waals surface area contributed by atoms with E-state index < -0.39 is 0 Å². The van der Waals surface area contributed by atoms with Gasteiger partial charge in [-0.05, 0) is 50.4 Å². The van der Waals surface area contributed by atoms with E-state index in [-0.39, 0.29) is 24.0 Å². The van der Waals surface area contributed by atoms with Crippen LogP contribution in [0.15, 0.2) is 29.3 Å². The summed E-state index contributed by atoms with van der Waals surface area (Å²) >= 11 is 0. The van der Waals surface area contributed by atoms with Crippen molar-refractivity contribution < 1.29 is 9.84 Å². The first-order valence-corrected chi connectivity index (χ1v) is 9.38. The minimum Gasteiger partial charge on any atom is -0.508 e. The Morgan fingerprint density at radius 1 is 1.15 bits per heavy atom. The molecule has 6 nitrogen and oxygen atoms in total. The standard InChI is InChI=1S/C19H32N4O2.HI/c1-2-20-19(22-11-4-12-23-13-15-25-16-14-23)21-10-3-5-17-6-8-18(24)9-7-17;/h6-9,24H,2-5,10-16H2,1H3,(H2,20,21,22);1H. The lowest BCUT2D eigenvalue weighted by molar-refractivity contribution is 0.0376. The number of hydrogen-bond donors (Lipinski definition) is 3. The van der Waals surface area contributed by atoms with Gasteiger partial charge in [0.2, 0.25) is 0 Å². The molecule has 2 rings (SSSR count). The molecule has 148 valence electrons. The number of nitrogens with one attached hydrogen (secondary N) is 2. The van der Waals surface area contributed by atoms with Gasteiger partial charge in [0.1, 0.15) is 5.75 Å². The lowest BCUT2D eigenvalue weighted by atomic mass is 10.1. The largest absolute Gasteiger partial charge is 0.508 e. The van der Waals surface area contributed by atoms with E-state index >= 15 is 0 Å². The van der Waals surface area contributed by atoms with E-state index in [2.05, 4.69) is 27.4 Å². The smallest absolute Gasteiger partial charge is 0.191 e. The summed E-state index contributed by atoms with van der Waals surface area (Å²) in [4.78, 5) is 7.09. The van der Waals surface area contributed by atoms with Crippen LogP contribution in [0, 0.1) is 0 Å². The average molecular weight is 476 g/mol. The van der Waals surface area contributed by atoms with Crippen molar-refractivity contribution in [3.05, 3.63) is 29.8 Å². The molecule has 1 saturated heterocycles. The third-order valence-corrected chi connectivity index (χ3v) is 4.22. The molecule has 26 heavy (non-hydrogen) atoms. The predicted molar refractivity (Wildman–Crippen MR) is 118 cm³/mol. The van der Waals surface area contributed by atoms with E-state index in [9.17, 15) is 5.11 Å². The first-order valence-electron chi connectivity index (χ1n) is 9.38. The summed E-state index contributed by atoms with van der Waals surface area (Å²) in [6, 6.07) is 7.40. The van der Waals surface area contributed by atoms with Gasteiger partial charge < -0.3 is 20.5 Å².